The summed E-state index contributed by atoms with van der Waals surface area (Å²) in [6, 6.07) is -0.0406. The van der Waals surface area contributed by atoms with Gasteiger partial charge >= 0.3 is 5.97 Å². The number of carbonyl (C=O) groups is 1. The molecule has 0 aromatic rings. The molecule has 0 aliphatic carbocycles. The highest BCUT2D eigenvalue weighted by atomic mass is 16.5. The maximum Gasteiger partial charge on any atom is 0.332 e. The third-order valence-corrected chi connectivity index (χ3v) is 1.75. The van der Waals surface area contributed by atoms with Crippen LogP contribution in [0.3, 0.4) is 0 Å². The quantitative estimate of drug-likeness (QED) is 0.468. The third kappa shape index (κ3) is 5.69. The van der Waals surface area contributed by atoms with Crippen molar-refractivity contribution in [1.29, 1.82) is 0 Å². The first kappa shape index (κ1) is 13.1. The predicted molar refractivity (Wildman–Crippen MR) is 52.1 cm³/mol. The van der Waals surface area contributed by atoms with Crippen LogP contribution in [0.1, 0.15) is 6.42 Å². The van der Waals surface area contributed by atoms with Gasteiger partial charge in [0.05, 0.1) is 6.61 Å². The fraction of sp³-hybridized carbons (Fsp3) is 0.667. The van der Waals surface area contributed by atoms with Crippen LogP contribution in [0.4, 0.5) is 0 Å². The number of aliphatic hydroxyl groups excluding tert-OH is 1. The summed E-state index contributed by atoms with van der Waals surface area (Å²) in [5.41, 5.74) is 0.101. The zero-order valence-corrected chi connectivity index (χ0v) is 8.32. The van der Waals surface area contributed by atoms with E-state index >= 15 is 0 Å². The van der Waals surface area contributed by atoms with Crippen molar-refractivity contribution in [2.24, 2.45) is 0 Å². The SMILES string of the molecule is C=C(CNC(CCO)COC)C(=O)O. The molecule has 0 aliphatic rings. The van der Waals surface area contributed by atoms with E-state index in [1.807, 2.05) is 0 Å². The minimum Gasteiger partial charge on any atom is -0.478 e. The van der Waals surface area contributed by atoms with Gasteiger partial charge in [-0.3, -0.25) is 0 Å². The normalized spacial score (nSPS) is 12.4. The van der Waals surface area contributed by atoms with Gasteiger partial charge in [-0.1, -0.05) is 6.58 Å². The molecule has 14 heavy (non-hydrogen) atoms. The fourth-order valence-corrected chi connectivity index (χ4v) is 0.944. The first-order valence-electron chi connectivity index (χ1n) is 4.36. The van der Waals surface area contributed by atoms with Gasteiger partial charge < -0.3 is 20.3 Å². The van der Waals surface area contributed by atoms with Crippen molar-refractivity contribution in [1.82, 2.24) is 5.32 Å². The van der Waals surface area contributed by atoms with Crippen LogP contribution in [0.2, 0.25) is 0 Å². The molecule has 0 fully saturated rings. The van der Waals surface area contributed by atoms with Gasteiger partial charge in [0.2, 0.25) is 0 Å². The second-order valence-corrected chi connectivity index (χ2v) is 2.95. The van der Waals surface area contributed by atoms with E-state index in [0.29, 0.717) is 13.0 Å². The molecule has 0 spiro atoms. The molecular formula is C9H17NO4. The van der Waals surface area contributed by atoms with E-state index in [1.165, 1.54) is 0 Å². The van der Waals surface area contributed by atoms with Crippen molar-refractivity contribution in [3.05, 3.63) is 12.2 Å². The number of hydrogen-bond donors (Lipinski definition) is 3. The molecule has 0 rings (SSSR count). The average Bonchev–Trinajstić information content (AvgIpc) is 2.14. The van der Waals surface area contributed by atoms with Crippen LogP contribution >= 0.6 is 0 Å². The summed E-state index contributed by atoms with van der Waals surface area (Å²) < 4.78 is 4.90. The molecule has 0 saturated carbocycles. The monoisotopic (exact) mass is 203 g/mol. The van der Waals surface area contributed by atoms with Gasteiger partial charge in [0.15, 0.2) is 0 Å². The molecule has 0 aliphatic heterocycles. The number of hydrogen-bond acceptors (Lipinski definition) is 4. The molecule has 0 amide bonds. The van der Waals surface area contributed by atoms with E-state index in [9.17, 15) is 4.79 Å². The molecule has 0 saturated heterocycles. The van der Waals surface area contributed by atoms with E-state index in [1.54, 1.807) is 7.11 Å². The van der Waals surface area contributed by atoms with E-state index in [0.717, 1.165) is 0 Å². The molecule has 1 unspecified atom stereocenters. The Balaban J connectivity index is 3.80. The molecule has 82 valence electrons. The molecule has 0 aromatic heterocycles. The van der Waals surface area contributed by atoms with Crippen molar-refractivity contribution in [2.45, 2.75) is 12.5 Å². The predicted octanol–water partition coefficient (Wildman–Crippen LogP) is -0.386. The van der Waals surface area contributed by atoms with Crippen molar-refractivity contribution < 1.29 is 19.7 Å². The Kier molecular flexibility index (Phi) is 7.00. The second-order valence-electron chi connectivity index (χ2n) is 2.95. The lowest BCUT2D eigenvalue weighted by Crippen LogP contribution is -2.36. The molecule has 3 N–H and O–H groups in total. The highest BCUT2D eigenvalue weighted by Gasteiger charge is 2.09. The Morgan fingerprint density at radius 2 is 2.29 bits per heavy atom. The standard InChI is InChI=1S/C9H17NO4/c1-7(9(12)13)5-10-8(3-4-11)6-14-2/h8,10-11H,1,3-6H2,2H3,(H,12,13). The number of methoxy groups -OCH3 is 1. The summed E-state index contributed by atoms with van der Waals surface area (Å²) in [6.45, 7) is 4.06. The largest absolute Gasteiger partial charge is 0.478 e. The van der Waals surface area contributed by atoms with Gasteiger partial charge in [0.25, 0.3) is 0 Å². The topological polar surface area (TPSA) is 78.8 Å². The highest BCUT2D eigenvalue weighted by molar-refractivity contribution is 5.86. The molecule has 0 heterocycles. The number of ether oxygens (including phenoxy) is 1. The second kappa shape index (κ2) is 7.49. The van der Waals surface area contributed by atoms with Crippen LogP contribution < -0.4 is 5.32 Å². The Hall–Kier alpha value is -0.910. The summed E-state index contributed by atoms with van der Waals surface area (Å²) in [4.78, 5) is 10.4. The molecule has 5 heteroatoms. The Bertz CT molecular complexity index is 187. The lowest BCUT2D eigenvalue weighted by Gasteiger charge is -2.16. The Morgan fingerprint density at radius 3 is 2.71 bits per heavy atom. The van der Waals surface area contributed by atoms with Crippen LogP contribution in [0.25, 0.3) is 0 Å². The van der Waals surface area contributed by atoms with Crippen molar-refractivity contribution in [3.8, 4) is 0 Å². The van der Waals surface area contributed by atoms with Crippen LogP contribution in [0.15, 0.2) is 12.2 Å². The minimum absolute atomic E-state index is 0.0406. The van der Waals surface area contributed by atoms with Crippen molar-refractivity contribution >= 4 is 5.97 Å². The fourth-order valence-electron chi connectivity index (χ4n) is 0.944. The molecule has 0 aromatic carbocycles. The summed E-state index contributed by atoms with van der Waals surface area (Å²) in [5, 5.41) is 20.2. The van der Waals surface area contributed by atoms with E-state index in [-0.39, 0.29) is 24.8 Å². The maximum absolute atomic E-state index is 10.4. The van der Waals surface area contributed by atoms with Crippen LogP contribution in [-0.2, 0) is 9.53 Å². The lowest BCUT2D eigenvalue weighted by atomic mass is 10.2. The van der Waals surface area contributed by atoms with Gasteiger partial charge in [0, 0.05) is 31.9 Å². The van der Waals surface area contributed by atoms with E-state index in [2.05, 4.69) is 11.9 Å². The maximum atomic E-state index is 10.4. The van der Waals surface area contributed by atoms with Crippen LogP contribution in [-0.4, -0.2) is 49.1 Å². The van der Waals surface area contributed by atoms with E-state index < -0.39 is 5.97 Å². The van der Waals surface area contributed by atoms with E-state index in [4.69, 9.17) is 14.9 Å². The zero-order valence-electron chi connectivity index (χ0n) is 8.32. The van der Waals surface area contributed by atoms with Crippen molar-refractivity contribution in [2.75, 3.05) is 26.9 Å². The summed E-state index contributed by atoms with van der Waals surface area (Å²) in [5.74, 6) is -1.02. The molecule has 1 atom stereocenters. The summed E-state index contributed by atoms with van der Waals surface area (Å²) in [6.07, 6.45) is 0.529. The molecule has 0 radical (unpaired) electrons. The number of aliphatic carboxylic acids is 1. The third-order valence-electron chi connectivity index (χ3n) is 1.75. The number of carboxylic acids is 1. The van der Waals surface area contributed by atoms with Crippen LogP contribution in [0.5, 0.6) is 0 Å². The van der Waals surface area contributed by atoms with Gasteiger partial charge in [-0.2, -0.15) is 0 Å². The van der Waals surface area contributed by atoms with Crippen LogP contribution in [0, 0.1) is 0 Å². The summed E-state index contributed by atoms with van der Waals surface area (Å²) >= 11 is 0. The summed E-state index contributed by atoms with van der Waals surface area (Å²) in [7, 11) is 1.55. The van der Waals surface area contributed by atoms with Gasteiger partial charge in [0.1, 0.15) is 0 Å². The average molecular weight is 203 g/mol. The first-order chi connectivity index (χ1) is 6.61. The van der Waals surface area contributed by atoms with Gasteiger partial charge in [-0.05, 0) is 6.42 Å². The molecule has 0 bridgehead atoms. The number of carboxylic acid groups (broad SMARTS) is 1. The van der Waals surface area contributed by atoms with Gasteiger partial charge in [-0.25, -0.2) is 4.79 Å². The zero-order chi connectivity index (χ0) is 11.0. The highest BCUT2D eigenvalue weighted by Crippen LogP contribution is 1.94. The number of rotatable bonds is 8. The number of aliphatic hydroxyl groups is 1. The Morgan fingerprint density at radius 1 is 1.64 bits per heavy atom. The minimum atomic E-state index is -1.02. The first-order valence-corrected chi connectivity index (χ1v) is 4.36. The van der Waals surface area contributed by atoms with Crippen molar-refractivity contribution in [3.63, 3.8) is 0 Å². The Labute approximate surface area is 83.4 Å². The smallest absolute Gasteiger partial charge is 0.332 e. The lowest BCUT2D eigenvalue weighted by molar-refractivity contribution is -0.132. The van der Waals surface area contributed by atoms with Gasteiger partial charge in [-0.15, -0.1) is 0 Å². The molecular weight excluding hydrogens is 186 g/mol. The number of nitrogens with one attached hydrogen (secondary N) is 1. The molecule has 5 nitrogen and oxygen atoms in total.